The van der Waals surface area contributed by atoms with Gasteiger partial charge in [0.05, 0.1) is 11.5 Å². The zero-order valence-corrected chi connectivity index (χ0v) is 13.0. The van der Waals surface area contributed by atoms with Crippen molar-refractivity contribution >= 4 is 10.0 Å². The van der Waals surface area contributed by atoms with Crippen LogP contribution < -0.4 is 4.72 Å². The largest absolute Gasteiger partial charge is 0.390 e. The minimum Gasteiger partial charge on any atom is -0.390 e. The highest BCUT2D eigenvalue weighted by Gasteiger charge is 2.28. The molecule has 0 unspecified atom stereocenters. The van der Waals surface area contributed by atoms with Crippen LogP contribution in [0.1, 0.15) is 51.3 Å². The van der Waals surface area contributed by atoms with Gasteiger partial charge in [0.15, 0.2) is 0 Å². The van der Waals surface area contributed by atoms with Crippen LogP contribution in [-0.2, 0) is 16.6 Å². The summed E-state index contributed by atoms with van der Waals surface area (Å²) < 4.78 is 29.1. The summed E-state index contributed by atoms with van der Waals surface area (Å²) in [6.45, 7) is 4.47. The number of aliphatic hydroxyl groups excluding tert-OH is 1. The van der Waals surface area contributed by atoms with Crippen LogP contribution in [-0.4, -0.2) is 24.6 Å². The van der Waals surface area contributed by atoms with Crippen LogP contribution in [0.25, 0.3) is 0 Å². The predicted molar refractivity (Wildman–Crippen MR) is 77.9 cm³/mol. The highest BCUT2D eigenvalue weighted by Crippen LogP contribution is 2.37. The van der Waals surface area contributed by atoms with Gasteiger partial charge in [0.2, 0.25) is 10.0 Å². The first-order valence-electron chi connectivity index (χ1n) is 7.33. The van der Waals surface area contributed by atoms with E-state index in [1.807, 2.05) is 4.57 Å². The van der Waals surface area contributed by atoms with Gasteiger partial charge in [-0.05, 0) is 24.8 Å². The smallest absolute Gasteiger partial charge is 0.242 e. The van der Waals surface area contributed by atoms with E-state index in [4.69, 9.17) is 0 Å². The van der Waals surface area contributed by atoms with Crippen molar-refractivity contribution in [2.75, 3.05) is 6.54 Å². The molecule has 1 aliphatic rings. The van der Waals surface area contributed by atoms with Crippen LogP contribution in [0.2, 0.25) is 0 Å². The van der Waals surface area contributed by atoms with Gasteiger partial charge in [0.1, 0.15) is 0 Å². The molecule has 1 fully saturated rings. The lowest BCUT2D eigenvalue weighted by Crippen LogP contribution is -2.28. The maximum atomic E-state index is 12.3. The van der Waals surface area contributed by atoms with Crippen molar-refractivity contribution in [2.45, 2.75) is 57.1 Å². The van der Waals surface area contributed by atoms with Gasteiger partial charge in [-0.15, -0.1) is 0 Å². The molecular formula is C14H24N2O3S. The second kappa shape index (κ2) is 6.28. The third-order valence-electron chi connectivity index (χ3n) is 4.04. The molecule has 0 radical (unpaired) electrons. The fourth-order valence-corrected chi connectivity index (χ4v) is 3.52. The zero-order chi connectivity index (χ0) is 14.8. The molecule has 20 heavy (non-hydrogen) atoms. The third-order valence-corrected chi connectivity index (χ3v) is 5.43. The first-order chi connectivity index (χ1) is 9.51. The number of sulfonamides is 1. The van der Waals surface area contributed by atoms with Gasteiger partial charge < -0.3 is 9.67 Å². The maximum Gasteiger partial charge on any atom is 0.242 e. The Bertz CT molecular complexity index is 543. The van der Waals surface area contributed by atoms with Crippen molar-refractivity contribution < 1.29 is 13.5 Å². The number of aliphatic hydroxyl groups is 1. The van der Waals surface area contributed by atoms with Crippen LogP contribution in [0.5, 0.6) is 0 Å². The second-order valence-corrected chi connectivity index (χ2v) is 7.27. The van der Waals surface area contributed by atoms with Crippen LogP contribution in [0.15, 0.2) is 17.2 Å². The molecule has 0 aliphatic heterocycles. The van der Waals surface area contributed by atoms with E-state index in [1.54, 1.807) is 12.3 Å². The Kier molecular flexibility index (Phi) is 4.88. The van der Waals surface area contributed by atoms with Crippen molar-refractivity contribution in [3.63, 3.8) is 0 Å². The summed E-state index contributed by atoms with van der Waals surface area (Å²) in [5, 5.41) is 9.33. The van der Waals surface area contributed by atoms with E-state index in [-0.39, 0.29) is 11.5 Å². The summed E-state index contributed by atoms with van der Waals surface area (Å²) in [5.74, 6) is 0.368. The third kappa shape index (κ3) is 3.42. The summed E-state index contributed by atoms with van der Waals surface area (Å²) >= 11 is 0. The van der Waals surface area contributed by atoms with E-state index in [0.29, 0.717) is 24.2 Å². The normalized spacial score (nSPS) is 16.0. The van der Waals surface area contributed by atoms with E-state index in [2.05, 4.69) is 18.6 Å². The molecule has 114 valence electrons. The SMILES string of the molecule is CCC(CC)CNS(=O)(=O)c1cc(CO)n(C2CC2)c1. The quantitative estimate of drug-likeness (QED) is 0.771. The number of hydrogen-bond donors (Lipinski definition) is 2. The molecule has 1 heterocycles. The van der Waals surface area contributed by atoms with E-state index >= 15 is 0 Å². The van der Waals surface area contributed by atoms with Gasteiger partial charge in [-0.3, -0.25) is 0 Å². The van der Waals surface area contributed by atoms with E-state index in [0.717, 1.165) is 25.7 Å². The van der Waals surface area contributed by atoms with E-state index in [9.17, 15) is 13.5 Å². The van der Waals surface area contributed by atoms with E-state index < -0.39 is 10.0 Å². The molecule has 0 aromatic carbocycles. The fraction of sp³-hybridized carbons (Fsp3) is 0.714. The average Bonchev–Trinajstić information content (AvgIpc) is 3.18. The molecule has 0 saturated heterocycles. The highest BCUT2D eigenvalue weighted by atomic mass is 32.2. The van der Waals surface area contributed by atoms with Gasteiger partial charge in [0, 0.05) is 24.5 Å². The molecule has 1 aromatic rings. The lowest BCUT2D eigenvalue weighted by molar-refractivity contribution is 0.270. The lowest BCUT2D eigenvalue weighted by Gasteiger charge is -2.12. The standard InChI is InChI=1S/C14H24N2O3S/c1-3-11(4-2)8-15-20(18,19)14-7-13(10-17)16(9-14)12-5-6-12/h7,9,11-12,15,17H,3-6,8,10H2,1-2H3. The Balaban J connectivity index is 2.12. The highest BCUT2D eigenvalue weighted by molar-refractivity contribution is 7.89. The fourth-order valence-electron chi connectivity index (χ4n) is 2.35. The number of hydrogen-bond acceptors (Lipinski definition) is 3. The minimum absolute atomic E-state index is 0.126. The maximum absolute atomic E-state index is 12.3. The predicted octanol–water partition coefficient (Wildman–Crippen LogP) is 2.03. The molecular weight excluding hydrogens is 276 g/mol. The summed E-state index contributed by atoms with van der Waals surface area (Å²) in [4.78, 5) is 0.263. The van der Waals surface area contributed by atoms with Gasteiger partial charge in [0.25, 0.3) is 0 Å². The second-order valence-electron chi connectivity index (χ2n) is 5.50. The molecule has 1 aromatic heterocycles. The monoisotopic (exact) mass is 300 g/mol. The molecule has 5 nitrogen and oxygen atoms in total. The molecule has 1 saturated carbocycles. The van der Waals surface area contributed by atoms with Crippen LogP contribution in [0, 0.1) is 5.92 Å². The molecule has 0 spiro atoms. The van der Waals surface area contributed by atoms with Crippen LogP contribution >= 0.6 is 0 Å². The Morgan fingerprint density at radius 3 is 2.55 bits per heavy atom. The molecule has 2 N–H and O–H groups in total. The molecule has 0 atom stereocenters. The van der Waals surface area contributed by atoms with Gasteiger partial charge >= 0.3 is 0 Å². The van der Waals surface area contributed by atoms with Crippen molar-refractivity contribution in [3.05, 3.63) is 18.0 Å². The number of nitrogens with zero attached hydrogens (tertiary/aromatic N) is 1. The Morgan fingerprint density at radius 1 is 1.40 bits per heavy atom. The summed E-state index contributed by atoms with van der Waals surface area (Å²) in [6, 6.07) is 1.94. The molecule has 1 aliphatic carbocycles. The zero-order valence-electron chi connectivity index (χ0n) is 12.2. The lowest BCUT2D eigenvalue weighted by atomic mass is 10.0. The molecule has 2 rings (SSSR count). The molecule has 6 heteroatoms. The topological polar surface area (TPSA) is 71.3 Å². The van der Waals surface area contributed by atoms with Crippen LogP contribution in [0.3, 0.4) is 0 Å². The number of rotatable bonds is 8. The molecule has 0 bridgehead atoms. The van der Waals surface area contributed by atoms with Crippen molar-refractivity contribution in [2.24, 2.45) is 5.92 Å². The minimum atomic E-state index is -3.47. The van der Waals surface area contributed by atoms with Crippen molar-refractivity contribution in [3.8, 4) is 0 Å². The summed E-state index contributed by atoms with van der Waals surface area (Å²) in [7, 11) is -3.47. The van der Waals surface area contributed by atoms with Crippen LogP contribution in [0.4, 0.5) is 0 Å². The van der Waals surface area contributed by atoms with Gasteiger partial charge in [-0.2, -0.15) is 0 Å². The Morgan fingerprint density at radius 2 is 2.05 bits per heavy atom. The van der Waals surface area contributed by atoms with Gasteiger partial charge in [-0.25, -0.2) is 13.1 Å². The van der Waals surface area contributed by atoms with E-state index in [1.165, 1.54) is 0 Å². The Labute approximate surface area is 121 Å². The van der Waals surface area contributed by atoms with Crippen molar-refractivity contribution in [1.29, 1.82) is 0 Å². The van der Waals surface area contributed by atoms with Gasteiger partial charge in [-0.1, -0.05) is 26.7 Å². The number of aromatic nitrogens is 1. The summed E-state index contributed by atoms with van der Waals surface area (Å²) in [6.07, 6.45) is 5.69. The molecule has 0 amide bonds. The van der Waals surface area contributed by atoms with Crippen molar-refractivity contribution in [1.82, 2.24) is 9.29 Å². The first-order valence-corrected chi connectivity index (χ1v) is 8.81. The Hall–Kier alpha value is -0.850. The summed E-state index contributed by atoms with van der Waals surface area (Å²) in [5.41, 5.74) is 0.676. The number of nitrogens with one attached hydrogen (secondary N) is 1. The first kappa shape index (κ1) is 15.5. The average molecular weight is 300 g/mol.